The molecule has 0 spiro atoms. The third-order valence-corrected chi connectivity index (χ3v) is 4.10. The number of aryl methyl sites for hydroxylation is 1. The highest BCUT2D eigenvalue weighted by atomic mass is 35.5. The molecule has 0 saturated heterocycles. The summed E-state index contributed by atoms with van der Waals surface area (Å²) in [4.78, 5) is 25.6. The Morgan fingerprint density at radius 1 is 1.36 bits per heavy atom. The molecular formula is C17H14ClN3O4. The molecule has 1 aromatic carbocycles. The highest BCUT2D eigenvalue weighted by Crippen LogP contribution is 2.32. The van der Waals surface area contributed by atoms with Crippen LogP contribution >= 0.6 is 11.6 Å². The Balaban J connectivity index is 2.10. The Morgan fingerprint density at radius 3 is 2.80 bits per heavy atom. The summed E-state index contributed by atoms with van der Waals surface area (Å²) >= 11 is 5.86. The summed E-state index contributed by atoms with van der Waals surface area (Å²) in [6, 6.07) is 6.25. The third-order valence-electron chi connectivity index (χ3n) is 3.86. The lowest BCUT2D eigenvalue weighted by Gasteiger charge is -2.05. The normalized spacial score (nSPS) is 10.7. The van der Waals surface area contributed by atoms with Crippen LogP contribution in [0.3, 0.4) is 0 Å². The smallest absolute Gasteiger partial charge is 0.355 e. The fraction of sp³-hybridized carbons (Fsp3) is 0.118. The lowest BCUT2D eigenvalue weighted by Crippen LogP contribution is -2.03. The van der Waals surface area contributed by atoms with Crippen LogP contribution in [0, 0.1) is 17.0 Å². The first kappa shape index (κ1) is 16.8. The Bertz CT molecular complexity index is 974. The number of carbonyl (C=O) groups excluding carboxylic acids is 1. The number of esters is 1. The maximum atomic E-state index is 11.9. The van der Waals surface area contributed by atoms with Gasteiger partial charge in [0, 0.05) is 40.8 Å². The fourth-order valence-corrected chi connectivity index (χ4v) is 2.88. The lowest BCUT2D eigenvalue weighted by atomic mass is 10.1. The van der Waals surface area contributed by atoms with Gasteiger partial charge in [-0.1, -0.05) is 11.6 Å². The molecule has 0 fully saturated rings. The standard InChI is InChI=1S/C17H14ClN3O4/c1-10-8-19-16(17(22)25-2)15(10)11-5-6-20(9-11)13-4-3-12(18)7-14(13)21(23)24/h3-9,19H,1-2H3. The second-order valence-corrected chi connectivity index (χ2v) is 5.85. The molecular weight excluding hydrogens is 346 g/mol. The van der Waals surface area contributed by atoms with E-state index in [0.29, 0.717) is 16.9 Å². The molecule has 0 unspecified atom stereocenters. The Hall–Kier alpha value is -3.06. The number of halogens is 1. The molecule has 0 aliphatic carbocycles. The summed E-state index contributed by atoms with van der Waals surface area (Å²) < 4.78 is 6.41. The number of nitrogens with zero attached hydrogens (tertiary/aromatic N) is 2. The average Bonchev–Trinajstić information content (AvgIpc) is 3.20. The van der Waals surface area contributed by atoms with E-state index in [9.17, 15) is 14.9 Å². The number of carbonyl (C=O) groups is 1. The van der Waals surface area contributed by atoms with Gasteiger partial charge in [-0.2, -0.15) is 0 Å². The van der Waals surface area contributed by atoms with Crippen LogP contribution in [0.2, 0.25) is 5.02 Å². The summed E-state index contributed by atoms with van der Waals surface area (Å²) in [5.41, 5.74) is 2.92. The summed E-state index contributed by atoms with van der Waals surface area (Å²) in [5, 5.41) is 11.6. The van der Waals surface area contributed by atoms with Crippen LogP contribution in [0.4, 0.5) is 5.69 Å². The van der Waals surface area contributed by atoms with Gasteiger partial charge in [0.15, 0.2) is 0 Å². The molecule has 3 aromatic rings. The molecule has 8 heteroatoms. The maximum absolute atomic E-state index is 11.9. The fourth-order valence-electron chi connectivity index (χ4n) is 2.71. The van der Waals surface area contributed by atoms with Crippen molar-refractivity contribution < 1.29 is 14.5 Å². The van der Waals surface area contributed by atoms with Crippen LogP contribution < -0.4 is 0 Å². The molecule has 3 rings (SSSR count). The third kappa shape index (κ3) is 3.01. The van der Waals surface area contributed by atoms with Crippen molar-refractivity contribution in [1.82, 2.24) is 9.55 Å². The monoisotopic (exact) mass is 359 g/mol. The van der Waals surface area contributed by atoms with Crippen molar-refractivity contribution >= 4 is 23.3 Å². The van der Waals surface area contributed by atoms with Crippen LogP contribution in [0.25, 0.3) is 16.8 Å². The molecule has 0 aliphatic heterocycles. The van der Waals surface area contributed by atoms with E-state index in [1.54, 1.807) is 41.4 Å². The molecule has 0 saturated carbocycles. The molecule has 7 nitrogen and oxygen atoms in total. The van der Waals surface area contributed by atoms with Gasteiger partial charge in [-0.05, 0) is 30.7 Å². The second kappa shape index (κ2) is 6.45. The van der Waals surface area contributed by atoms with E-state index in [1.807, 2.05) is 6.92 Å². The van der Waals surface area contributed by atoms with Crippen molar-refractivity contribution in [3.05, 3.63) is 69.3 Å². The first-order chi connectivity index (χ1) is 11.9. The van der Waals surface area contributed by atoms with Crippen molar-refractivity contribution in [2.24, 2.45) is 0 Å². The maximum Gasteiger partial charge on any atom is 0.355 e. The number of hydrogen-bond acceptors (Lipinski definition) is 4. The molecule has 0 bridgehead atoms. The van der Waals surface area contributed by atoms with Crippen LogP contribution in [-0.4, -0.2) is 27.6 Å². The predicted molar refractivity (Wildman–Crippen MR) is 93.3 cm³/mol. The molecule has 25 heavy (non-hydrogen) atoms. The van der Waals surface area contributed by atoms with Crippen molar-refractivity contribution in [3.8, 4) is 16.8 Å². The predicted octanol–water partition coefficient (Wildman–Crippen LogP) is 4.13. The number of rotatable bonds is 4. The number of nitro benzene ring substituents is 1. The number of aromatic amines is 1. The highest BCUT2D eigenvalue weighted by Gasteiger charge is 2.20. The van der Waals surface area contributed by atoms with E-state index in [0.717, 1.165) is 11.1 Å². The first-order valence-electron chi connectivity index (χ1n) is 7.31. The molecule has 0 atom stereocenters. The van der Waals surface area contributed by atoms with Crippen molar-refractivity contribution in [1.29, 1.82) is 0 Å². The Morgan fingerprint density at radius 2 is 2.12 bits per heavy atom. The van der Waals surface area contributed by atoms with E-state index < -0.39 is 10.9 Å². The Labute approximate surface area is 148 Å². The highest BCUT2D eigenvalue weighted by molar-refractivity contribution is 6.30. The van der Waals surface area contributed by atoms with E-state index in [1.165, 1.54) is 13.2 Å². The second-order valence-electron chi connectivity index (χ2n) is 5.41. The minimum Gasteiger partial charge on any atom is -0.464 e. The SMILES string of the molecule is COC(=O)c1[nH]cc(C)c1-c1ccn(-c2ccc(Cl)cc2[N+](=O)[O-])c1. The van der Waals surface area contributed by atoms with Crippen LogP contribution in [0.5, 0.6) is 0 Å². The summed E-state index contributed by atoms with van der Waals surface area (Å²) in [5.74, 6) is -0.478. The van der Waals surface area contributed by atoms with Crippen molar-refractivity contribution in [2.75, 3.05) is 7.11 Å². The first-order valence-corrected chi connectivity index (χ1v) is 7.69. The molecule has 128 valence electrons. The zero-order valence-corrected chi connectivity index (χ0v) is 14.2. The number of nitro groups is 1. The quantitative estimate of drug-likeness (QED) is 0.431. The number of H-pyrrole nitrogens is 1. The summed E-state index contributed by atoms with van der Waals surface area (Å²) in [6.07, 6.45) is 5.13. The number of hydrogen-bond donors (Lipinski definition) is 1. The van der Waals surface area contributed by atoms with Crippen molar-refractivity contribution in [2.45, 2.75) is 6.92 Å². The lowest BCUT2D eigenvalue weighted by molar-refractivity contribution is -0.384. The zero-order valence-electron chi connectivity index (χ0n) is 13.4. The molecule has 0 amide bonds. The molecule has 1 N–H and O–H groups in total. The Kier molecular flexibility index (Phi) is 4.33. The van der Waals surface area contributed by atoms with Crippen LogP contribution in [0.15, 0.2) is 42.9 Å². The van der Waals surface area contributed by atoms with Gasteiger partial charge in [0.05, 0.1) is 12.0 Å². The topological polar surface area (TPSA) is 90.2 Å². The largest absolute Gasteiger partial charge is 0.464 e. The van der Waals surface area contributed by atoms with Crippen molar-refractivity contribution in [3.63, 3.8) is 0 Å². The number of benzene rings is 1. The number of ether oxygens (including phenoxy) is 1. The minimum absolute atomic E-state index is 0.103. The molecule has 2 aromatic heterocycles. The average molecular weight is 360 g/mol. The van der Waals surface area contributed by atoms with Gasteiger partial charge >= 0.3 is 5.97 Å². The van der Waals surface area contributed by atoms with Gasteiger partial charge < -0.3 is 14.3 Å². The zero-order chi connectivity index (χ0) is 18.1. The summed E-state index contributed by atoms with van der Waals surface area (Å²) in [6.45, 7) is 1.86. The van der Waals surface area contributed by atoms with Gasteiger partial charge in [-0.15, -0.1) is 0 Å². The van der Waals surface area contributed by atoms with E-state index in [2.05, 4.69) is 4.98 Å². The minimum atomic E-state index is -0.484. The molecule has 0 aliphatic rings. The van der Waals surface area contributed by atoms with Crippen LogP contribution in [0.1, 0.15) is 16.1 Å². The van der Waals surface area contributed by atoms with Gasteiger partial charge in [0.1, 0.15) is 11.4 Å². The van der Waals surface area contributed by atoms with Crippen LogP contribution in [-0.2, 0) is 4.74 Å². The van der Waals surface area contributed by atoms with E-state index in [4.69, 9.17) is 16.3 Å². The van der Waals surface area contributed by atoms with Gasteiger partial charge in [-0.25, -0.2) is 4.79 Å². The van der Waals surface area contributed by atoms with E-state index in [-0.39, 0.29) is 10.7 Å². The van der Waals surface area contributed by atoms with Gasteiger partial charge in [0.25, 0.3) is 5.69 Å². The van der Waals surface area contributed by atoms with E-state index >= 15 is 0 Å². The molecule has 0 radical (unpaired) electrons. The van der Waals surface area contributed by atoms with Gasteiger partial charge in [0.2, 0.25) is 0 Å². The molecule has 2 heterocycles. The number of aromatic nitrogens is 2. The number of nitrogens with one attached hydrogen (secondary N) is 1. The summed E-state index contributed by atoms with van der Waals surface area (Å²) in [7, 11) is 1.31. The van der Waals surface area contributed by atoms with Gasteiger partial charge in [-0.3, -0.25) is 10.1 Å². The number of methoxy groups -OCH3 is 1.